The smallest absolute Gasteiger partial charge is 0.261 e. The minimum atomic E-state index is -3.79. The summed E-state index contributed by atoms with van der Waals surface area (Å²) in [6.45, 7) is 2.37. The summed E-state index contributed by atoms with van der Waals surface area (Å²) < 4.78 is 45.6. The number of rotatable bonds is 3. The number of fused-ring (bicyclic) bond motifs is 1. The van der Waals surface area contributed by atoms with Gasteiger partial charge in [-0.05, 0) is 60.2 Å². The van der Waals surface area contributed by atoms with Gasteiger partial charge in [-0.25, -0.2) is 12.8 Å². The molecule has 3 rings (SSSR count). The molecule has 0 spiro atoms. The maximum absolute atomic E-state index is 13.0. The Bertz CT molecular complexity index is 883. The summed E-state index contributed by atoms with van der Waals surface area (Å²) in [5, 5.41) is 3.26. The molecule has 24 heavy (non-hydrogen) atoms. The minimum absolute atomic E-state index is 0.00507. The van der Waals surface area contributed by atoms with Crippen LogP contribution < -0.4 is 10.0 Å². The maximum atomic E-state index is 13.0. The molecule has 0 fully saturated rings. The Hall–Kier alpha value is -2.19. The molecule has 0 aromatic heterocycles. The van der Waals surface area contributed by atoms with E-state index in [9.17, 15) is 12.8 Å². The van der Waals surface area contributed by atoms with Gasteiger partial charge in [0.2, 0.25) is 0 Å². The van der Waals surface area contributed by atoms with Gasteiger partial charge in [-0.1, -0.05) is 6.92 Å². The fourth-order valence-electron chi connectivity index (χ4n) is 2.41. The van der Waals surface area contributed by atoms with E-state index >= 15 is 0 Å². The lowest BCUT2D eigenvalue weighted by molar-refractivity contribution is 0.294. The SMILES string of the molecule is CC1COC(=S)Nc2ccc(NS(=O)(=O)c3ccc(F)cc3)cc21. The van der Waals surface area contributed by atoms with Gasteiger partial charge in [0, 0.05) is 17.3 Å². The van der Waals surface area contributed by atoms with E-state index in [2.05, 4.69) is 10.0 Å². The molecule has 126 valence electrons. The van der Waals surface area contributed by atoms with Gasteiger partial charge < -0.3 is 10.1 Å². The van der Waals surface area contributed by atoms with Crippen LogP contribution in [0.5, 0.6) is 0 Å². The van der Waals surface area contributed by atoms with E-state index in [1.807, 2.05) is 6.92 Å². The van der Waals surface area contributed by atoms with E-state index < -0.39 is 15.8 Å². The van der Waals surface area contributed by atoms with Gasteiger partial charge >= 0.3 is 0 Å². The van der Waals surface area contributed by atoms with Crippen molar-refractivity contribution >= 4 is 38.8 Å². The van der Waals surface area contributed by atoms with Crippen molar-refractivity contribution in [1.29, 1.82) is 0 Å². The first kappa shape index (κ1) is 16.7. The van der Waals surface area contributed by atoms with Crippen molar-refractivity contribution in [3.63, 3.8) is 0 Å². The van der Waals surface area contributed by atoms with Gasteiger partial charge in [0.25, 0.3) is 15.2 Å². The van der Waals surface area contributed by atoms with E-state index in [0.717, 1.165) is 23.4 Å². The number of hydrogen-bond donors (Lipinski definition) is 2. The highest BCUT2D eigenvalue weighted by Crippen LogP contribution is 2.31. The van der Waals surface area contributed by atoms with Crippen molar-refractivity contribution in [2.75, 3.05) is 16.6 Å². The first-order valence-corrected chi connectivity index (χ1v) is 9.10. The Balaban J connectivity index is 1.91. The predicted octanol–water partition coefficient (Wildman–Crippen LogP) is 3.46. The molecule has 0 aliphatic carbocycles. The van der Waals surface area contributed by atoms with Crippen molar-refractivity contribution < 1.29 is 17.5 Å². The third-order valence-corrected chi connectivity index (χ3v) is 5.28. The fraction of sp³-hybridized carbons (Fsp3) is 0.188. The van der Waals surface area contributed by atoms with Crippen molar-refractivity contribution in [1.82, 2.24) is 0 Å². The number of nitrogens with one attached hydrogen (secondary N) is 2. The molecule has 1 unspecified atom stereocenters. The molecule has 2 N–H and O–H groups in total. The van der Waals surface area contributed by atoms with Crippen molar-refractivity contribution in [2.45, 2.75) is 17.7 Å². The number of thiocarbonyl (C=S) groups is 1. The normalized spacial score (nSPS) is 17.2. The quantitative estimate of drug-likeness (QED) is 0.815. The molecule has 1 aliphatic rings. The van der Waals surface area contributed by atoms with Crippen molar-refractivity contribution in [3.05, 3.63) is 53.8 Å². The average molecular weight is 366 g/mol. The van der Waals surface area contributed by atoms with Gasteiger partial charge in [0.1, 0.15) is 5.82 Å². The molecule has 8 heteroatoms. The number of ether oxygens (including phenoxy) is 1. The van der Waals surface area contributed by atoms with Crippen LogP contribution in [0.3, 0.4) is 0 Å². The lowest BCUT2D eigenvalue weighted by Crippen LogP contribution is -2.13. The summed E-state index contributed by atoms with van der Waals surface area (Å²) in [7, 11) is -3.79. The van der Waals surface area contributed by atoms with Crippen LogP contribution in [0.4, 0.5) is 15.8 Å². The molecule has 0 amide bonds. The zero-order chi connectivity index (χ0) is 17.3. The van der Waals surface area contributed by atoms with E-state index in [-0.39, 0.29) is 10.8 Å². The first-order valence-electron chi connectivity index (χ1n) is 7.21. The molecule has 0 bridgehead atoms. The zero-order valence-corrected chi connectivity index (χ0v) is 14.4. The largest absolute Gasteiger partial charge is 0.470 e. The highest BCUT2D eigenvalue weighted by molar-refractivity contribution is 7.92. The summed E-state index contributed by atoms with van der Waals surface area (Å²) in [6.07, 6.45) is 0. The Kier molecular flexibility index (Phi) is 4.42. The fourth-order valence-corrected chi connectivity index (χ4v) is 3.64. The van der Waals surface area contributed by atoms with Gasteiger partial charge in [-0.3, -0.25) is 4.72 Å². The van der Waals surface area contributed by atoms with Crippen LogP contribution in [0, 0.1) is 5.82 Å². The number of anilines is 2. The summed E-state index contributed by atoms with van der Waals surface area (Å²) in [6, 6.07) is 9.77. The van der Waals surface area contributed by atoms with Crippen LogP contribution in [0.1, 0.15) is 18.4 Å². The Morgan fingerprint density at radius 2 is 1.96 bits per heavy atom. The summed E-state index contributed by atoms with van der Waals surface area (Å²) in [5.74, 6) is -0.446. The molecule has 2 aromatic rings. The molecule has 1 heterocycles. The van der Waals surface area contributed by atoms with E-state index in [1.165, 1.54) is 12.1 Å². The molecule has 1 atom stereocenters. The predicted molar refractivity (Wildman–Crippen MR) is 94.2 cm³/mol. The molecule has 5 nitrogen and oxygen atoms in total. The second-order valence-electron chi connectivity index (χ2n) is 5.49. The topological polar surface area (TPSA) is 67.4 Å². The number of sulfonamides is 1. The lowest BCUT2D eigenvalue weighted by atomic mass is 10.00. The highest BCUT2D eigenvalue weighted by Gasteiger charge is 2.20. The molecular weight excluding hydrogens is 351 g/mol. The van der Waals surface area contributed by atoms with Crippen LogP contribution in [0.15, 0.2) is 47.4 Å². The Morgan fingerprint density at radius 3 is 2.67 bits per heavy atom. The Labute approximate surface area is 144 Å². The standard InChI is InChI=1S/C16H15FN2O3S2/c1-10-9-22-16(23)18-15-7-4-12(8-14(10)15)19-24(20,21)13-5-2-11(17)3-6-13/h2-8,10,19H,9H2,1H3,(H,18,23). The van der Waals surface area contributed by atoms with Crippen LogP contribution in [0.25, 0.3) is 0 Å². The van der Waals surface area contributed by atoms with E-state index in [4.69, 9.17) is 17.0 Å². The number of hydrogen-bond acceptors (Lipinski definition) is 4. The first-order chi connectivity index (χ1) is 11.3. The van der Waals surface area contributed by atoms with Gasteiger partial charge in [-0.15, -0.1) is 0 Å². The summed E-state index contributed by atoms with van der Waals surface area (Å²) in [4.78, 5) is -0.00507. The third kappa shape index (κ3) is 3.49. The summed E-state index contributed by atoms with van der Waals surface area (Å²) in [5.41, 5.74) is 2.10. The average Bonchev–Trinajstić information content (AvgIpc) is 2.67. The lowest BCUT2D eigenvalue weighted by Gasteiger charge is -2.14. The molecule has 0 saturated carbocycles. The third-order valence-electron chi connectivity index (χ3n) is 3.66. The van der Waals surface area contributed by atoms with Gasteiger partial charge in [0.05, 0.1) is 11.5 Å². The zero-order valence-electron chi connectivity index (χ0n) is 12.7. The highest BCUT2D eigenvalue weighted by atomic mass is 32.2. The molecule has 0 radical (unpaired) electrons. The van der Waals surface area contributed by atoms with Crippen LogP contribution >= 0.6 is 12.2 Å². The van der Waals surface area contributed by atoms with Crippen LogP contribution in [-0.2, 0) is 14.8 Å². The molecule has 0 saturated heterocycles. The number of benzene rings is 2. The Morgan fingerprint density at radius 1 is 1.25 bits per heavy atom. The minimum Gasteiger partial charge on any atom is -0.470 e. The van der Waals surface area contributed by atoms with Crippen LogP contribution in [0.2, 0.25) is 0 Å². The van der Waals surface area contributed by atoms with Gasteiger partial charge in [0.15, 0.2) is 0 Å². The van der Waals surface area contributed by atoms with E-state index in [0.29, 0.717) is 17.5 Å². The van der Waals surface area contributed by atoms with Crippen molar-refractivity contribution in [3.8, 4) is 0 Å². The molecule has 1 aliphatic heterocycles. The van der Waals surface area contributed by atoms with Crippen LogP contribution in [-0.4, -0.2) is 20.2 Å². The second-order valence-corrected chi connectivity index (χ2v) is 7.54. The van der Waals surface area contributed by atoms with E-state index in [1.54, 1.807) is 18.2 Å². The summed E-state index contributed by atoms with van der Waals surface area (Å²) >= 11 is 5.04. The second kappa shape index (κ2) is 6.37. The van der Waals surface area contributed by atoms with Crippen molar-refractivity contribution in [2.24, 2.45) is 0 Å². The molecule has 2 aromatic carbocycles. The van der Waals surface area contributed by atoms with Gasteiger partial charge in [-0.2, -0.15) is 0 Å². The number of halogens is 1. The monoisotopic (exact) mass is 366 g/mol. The maximum Gasteiger partial charge on any atom is 0.261 e. The molecular formula is C16H15FN2O3S2.